The standard InChI is InChI=1S/C12H9ClN6O2/c1-6-15-10(13)9-11(16-6)17-12(14)18(9)7-3-2-4-8(5-7)19(20)21/h2-5H,1H3,(H2,14,15,16,17). The van der Waals surface area contributed by atoms with Crippen molar-refractivity contribution >= 4 is 34.4 Å². The third kappa shape index (κ3) is 2.15. The summed E-state index contributed by atoms with van der Waals surface area (Å²) in [6.45, 7) is 1.69. The molecular formula is C12H9ClN6O2. The van der Waals surface area contributed by atoms with Gasteiger partial charge in [-0.15, -0.1) is 0 Å². The molecular weight excluding hydrogens is 296 g/mol. The van der Waals surface area contributed by atoms with E-state index in [1.165, 1.54) is 16.7 Å². The van der Waals surface area contributed by atoms with Gasteiger partial charge < -0.3 is 5.73 Å². The van der Waals surface area contributed by atoms with E-state index in [4.69, 9.17) is 17.3 Å². The number of fused-ring (bicyclic) bond motifs is 1. The lowest BCUT2D eigenvalue weighted by molar-refractivity contribution is -0.384. The Morgan fingerprint density at radius 3 is 2.81 bits per heavy atom. The lowest BCUT2D eigenvalue weighted by Crippen LogP contribution is -2.02. The zero-order valence-corrected chi connectivity index (χ0v) is 11.6. The highest BCUT2D eigenvalue weighted by Gasteiger charge is 2.17. The summed E-state index contributed by atoms with van der Waals surface area (Å²) in [5.74, 6) is 0.600. The number of nitrogens with two attached hydrogens (primary N) is 1. The second-order valence-electron chi connectivity index (χ2n) is 4.32. The molecule has 0 amide bonds. The van der Waals surface area contributed by atoms with Gasteiger partial charge in [-0.3, -0.25) is 14.7 Å². The van der Waals surface area contributed by atoms with Crippen LogP contribution in [0.25, 0.3) is 16.9 Å². The molecule has 0 atom stereocenters. The zero-order valence-electron chi connectivity index (χ0n) is 10.8. The van der Waals surface area contributed by atoms with E-state index in [0.717, 1.165) is 0 Å². The van der Waals surface area contributed by atoms with Crippen LogP contribution in [-0.4, -0.2) is 24.4 Å². The van der Waals surface area contributed by atoms with E-state index in [1.54, 1.807) is 19.1 Å². The van der Waals surface area contributed by atoms with Crippen LogP contribution in [0.2, 0.25) is 5.15 Å². The summed E-state index contributed by atoms with van der Waals surface area (Å²) in [4.78, 5) is 22.7. The molecule has 0 unspecified atom stereocenters. The molecule has 0 radical (unpaired) electrons. The first-order valence-corrected chi connectivity index (χ1v) is 6.28. The normalized spacial score (nSPS) is 11.0. The smallest absolute Gasteiger partial charge is 0.271 e. The van der Waals surface area contributed by atoms with Crippen molar-refractivity contribution < 1.29 is 4.92 Å². The van der Waals surface area contributed by atoms with Gasteiger partial charge in [-0.1, -0.05) is 17.7 Å². The lowest BCUT2D eigenvalue weighted by Gasteiger charge is -2.06. The van der Waals surface area contributed by atoms with E-state index in [9.17, 15) is 10.1 Å². The molecule has 9 heteroatoms. The molecule has 0 aliphatic rings. The monoisotopic (exact) mass is 304 g/mol. The first-order chi connectivity index (χ1) is 9.97. The Morgan fingerprint density at radius 1 is 1.33 bits per heavy atom. The Hall–Kier alpha value is -2.74. The molecule has 21 heavy (non-hydrogen) atoms. The molecule has 0 aliphatic carbocycles. The van der Waals surface area contributed by atoms with Crippen LogP contribution in [0.4, 0.5) is 11.6 Å². The number of imidazole rings is 1. The third-order valence-electron chi connectivity index (χ3n) is 2.91. The lowest BCUT2D eigenvalue weighted by atomic mass is 10.3. The van der Waals surface area contributed by atoms with Crippen LogP contribution in [0, 0.1) is 17.0 Å². The molecule has 0 aliphatic heterocycles. The predicted molar refractivity (Wildman–Crippen MR) is 77.5 cm³/mol. The second kappa shape index (κ2) is 4.67. The van der Waals surface area contributed by atoms with E-state index >= 15 is 0 Å². The van der Waals surface area contributed by atoms with Crippen molar-refractivity contribution in [1.29, 1.82) is 0 Å². The van der Waals surface area contributed by atoms with Gasteiger partial charge in [-0.05, 0) is 13.0 Å². The number of nitro benzene ring substituents is 1. The molecule has 106 valence electrons. The number of rotatable bonds is 2. The van der Waals surface area contributed by atoms with E-state index in [0.29, 0.717) is 22.7 Å². The number of nitrogens with zero attached hydrogens (tertiary/aromatic N) is 5. The van der Waals surface area contributed by atoms with Crippen LogP contribution in [0.3, 0.4) is 0 Å². The molecule has 0 bridgehead atoms. The van der Waals surface area contributed by atoms with Gasteiger partial charge in [-0.2, -0.15) is 4.98 Å². The molecule has 2 aromatic heterocycles. The van der Waals surface area contributed by atoms with Crippen LogP contribution < -0.4 is 5.73 Å². The summed E-state index contributed by atoms with van der Waals surface area (Å²) in [5.41, 5.74) is 7.06. The fourth-order valence-electron chi connectivity index (χ4n) is 2.07. The van der Waals surface area contributed by atoms with Crippen molar-refractivity contribution in [2.24, 2.45) is 0 Å². The van der Waals surface area contributed by atoms with Gasteiger partial charge in [0.1, 0.15) is 11.3 Å². The van der Waals surface area contributed by atoms with Crippen LogP contribution >= 0.6 is 11.6 Å². The molecule has 8 nitrogen and oxygen atoms in total. The molecule has 2 heterocycles. The molecule has 0 fully saturated rings. The number of anilines is 1. The van der Waals surface area contributed by atoms with Gasteiger partial charge >= 0.3 is 0 Å². The highest BCUT2D eigenvalue weighted by molar-refractivity contribution is 6.33. The maximum absolute atomic E-state index is 10.9. The molecule has 2 N–H and O–H groups in total. The van der Waals surface area contributed by atoms with Gasteiger partial charge in [0.15, 0.2) is 10.8 Å². The fraction of sp³-hybridized carbons (Fsp3) is 0.0833. The first-order valence-electron chi connectivity index (χ1n) is 5.90. The van der Waals surface area contributed by atoms with E-state index in [1.807, 2.05) is 0 Å². The highest BCUT2D eigenvalue weighted by atomic mass is 35.5. The fourth-order valence-corrected chi connectivity index (χ4v) is 2.36. The number of benzene rings is 1. The Morgan fingerprint density at radius 2 is 2.10 bits per heavy atom. The predicted octanol–water partition coefficient (Wildman–Crippen LogP) is 2.27. The summed E-state index contributed by atoms with van der Waals surface area (Å²) in [6.07, 6.45) is 0. The summed E-state index contributed by atoms with van der Waals surface area (Å²) < 4.78 is 1.49. The third-order valence-corrected chi connectivity index (χ3v) is 3.17. The summed E-state index contributed by atoms with van der Waals surface area (Å²) in [7, 11) is 0. The second-order valence-corrected chi connectivity index (χ2v) is 4.67. The van der Waals surface area contributed by atoms with Gasteiger partial charge in [0, 0.05) is 12.1 Å². The minimum atomic E-state index is -0.485. The van der Waals surface area contributed by atoms with E-state index in [2.05, 4.69) is 15.0 Å². The van der Waals surface area contributed by atoms with Crippen molar-refractivity contribution in [2.75, 3.05) is 5.73 Å². The number of nitro groups is 1. The first kappa shape index (κ1) is 13.3. The summed E-state index contributed by atoms with van der Waals surface area (Å²) in [5, 5.41) is 11.1. The average Bonchev–Trinajstić information content (AvgIpc) is 2.75. The number of aryl methyl sites for hydroxylation is 1. The van der Waals surface area contributed by atoms with Crippen LogP contribution in [0.5, 0.6) is 0 Å². The summed E-state index contributed by atoms with van der Waals surface area (Å²) in [6, 6.07) is 6.00. The number of hydrogen-bond donors (Lipinski definition) is 1. The molecule has 3 aromatic rings. The Balaban J connectivity index is 2.32. The molecule has 0 saturated heterocycles. The number of hydrogen-bond acceptors (Lipinski definition) is 6. The number of nitrogen functional groups attached to an aromatic ring is 1. The summed E-state index contributed by atoms with van der Waals surface area (Å²) >= 11 is 6.13. The Labute approximate surface area is 123 Å². The maximum atomic E-state index is 10.9. The minimum Gasteiger partial charge on any atom is -0.369 e. The number of non-ortho nitro benzene ring substituents is 1. The number of halogens is 1. The van der Waals surface area contributed by atoms with Crippen molar-refractivity contribution in [3.05, 3.63) is 45.4 Å². The van der Waals surface area contributed by atoms with Crippen molar-refractivity contribution in [2.45, 2.75) is 6.92 Å². The average molecular weight is 305 g/mol. The SMILES string of the molecule is Cc1nc(Cl)c2c(n1)nc(N)n2-c1cccc([N+](=O)[O-])c1. The topological polar surface area (TPSA) is 113 Å². The number of aromatic nitrogens is 4. The minimum absolute atomic E-state index is 0.0575. The van der Waals surface area contributed by atoms with Crippen molar-refractivity contribution in [3.8, 4) is 5.69 Å². The molecule has 0 spiro atoms. The maximum Gasteiger partial charge on any atom is 0.271 e. The highest BCUT2D eigenvalue weighted by Crippen LogP contribution is 2.28. The van der Waals surface area contributed by atoms with Crippen LogP contribution in [0.1, 0.15) is 5.82 Å². The van der Waals surface area contributed by atoms with Gasteiger partial charge in [0.2, 0.25) is 5.95 Å². The zero-order chi connectivity index (χ0) is 15.1. The van der Waals surface area contributed by atoms with Gasteiger partial charge in [-0.25, -0.2) is 9.97 Å². The Kier molecular flexibility index (Phi) is 2.95. The van der Waals surface area contributed by atoms with Crippen LogP contribution in [0.15, 0.2) is 24.3 Å². The van der Waals surface area contributed by atoms with E-state index < -0.39 is 4.92 Å². The largest absolute Gasteiger partial charge is 0.369 e. The molecule has 1 aromatic carbocycles. The van der Waals surface area contributed by atoms with E-state index in [-0.39, 0.29) is 16.8 Å². The molecule has 3 rings (SSSR count). The van der Waals surface area contributed by atoms with Gasteiger partial charge in [0.05, 0.1) is 10.6 Å². The van der Waals surface area contributed by atoms with Crippen LogP contribution in [-0.2, 0) is 0 Å². The Bertz CT molecular complexity index is 876. The van der Waals surface area contributed by atoms with Crippen molar-refractivity contribution in [3.63, 3.8) is 0 Å². The molecule has 0 saturated carbocycles. The quantitative estimate of drug-likeness (QED) is 0.441. The van der Waals surface area contributed by atoms with Crippen molar-refractivity contribution in [1.82, 2.24) is 19.5 Å². The van der Waals surface area contributed by atoms with Gasteiger partial charge in [0.25, 0.3) is 5.69 Å².